The zero-order valence-corrected chi connectivity index (χ0v) is 13.1. The van der Waals surface area contributed by atoms with Gasteiger partial charge in [0.15, 0.2) is 0 Å². The number of ether oxygens (including phenoxy) is 1. The molecule has 0 saturated carbocycles. The van der Waals surface area contributed by atoms with E-state index in [4.69, 9.17) is 4.84 Å². The lowest BCUT2D eigenvalue weighted by atomic mass is 9.99. The molecule has 3 rings (SSSR count). The number of hydrogen-bond acceptors (Lipinski definition) is 6. The number of imide groups is 1. The molecule has 0 radical (unpaired) electrons. The van der Waals surface area contributed by atoms with Crippen LogP contribution in [0.4, 0.5) is 4.79 Å². The maximum Gasteiger partial charge on any atom is 0.409 e. The number of carbonyl (C=O) groups excluding carboxylic acids is 4. The van der Waals surface area contributed by atoms with Crippen LogP contribution in [-0.2, 0) is 14.4 Å². The van der Waals surface area contributed by atoms with Crippen LogP contribution in [0.1, 0.15) is 33.6 Å². The standard InChI is InChI=1S/C16H16N2O6/c1-23-16(22)17-8-4-5-10(9-17)15(21)24-18-13(19)11-6-2-3-7-12(11)14(18)20/h2-3,6-7,10H,4-5,8-9H2,1H3. The lowest BCUT2D eigenvalue weighted by molar-refractivity contribution is -0.175. The summed E-state index contributed by atoms with van der Waals surface area (Å²) in [5.74, 6) is -2.64. The molecule has 2 heterocycles. The number of hydroxylamine groups is 2. The second-order valence-electron chi connectivity index (χ2n) is 5.62. The van der Waals surface area contributed by atoms with Gasteiger partial charge in [0.2, 0.25) is 0 Å². The van der Waals surface area contributed by atoms with Crippen LogP contribution in [0.5, 0.6) is 0 Å². The first-order valence-corrected chi connectivity index (χ1v) is 7.55. The van der Waals surface area contributed by atoms with E-state index in [2.05, 4.69) is 4.74 Å². The second kappa shape index (κ2) is 6.31. The molecular weight excluding hydrogens is 316 g/mol. The number of piperidine rings is 1. The Balaban J connectivity index is 1.68. The summed E-state index contributed by atoms with van der Waals surface area (Å²) in [5.41, 5.74) is 0.408. The highest BCUT2D eigenvalue weighted by Crippen LogP contribution is 2.25. The highest BCUT2D eigenvalue weighted by atomic mass is 16.7. The van der Waals surface area contributed by atoms with Crippen LogP contribution in [0.25, 0.3) is 0 Å². The molecule has 3 amide bonds. The van der Waals surface area contributed by atoms with Gasteiger partial charge in [-0.25, -0.2) is 9.59 Å². The largest absolute Gasteiger partial charge is 0.453 e. The monoisotopic (exact) mass is 332 g/mol. The fourth-order valence-electron chi connectivity index (χ4n) is 2.88. The van der Waals surface area contributed by atoms with Gasteiger partial charge in [-0.3, -0.25) is 9.59 Å². The third-order valence-electron chi connectivity index (χ3n) is 4.13. The van der Waals surface area contributed by atoms with Crippen molar-refractivity contribution in [1.29, 1.82) is 0 Å². The first-order valence-electron chi connectivity index (χ1n) is 7.55. The van der Waals surface area contributed by atoms with Gasteiger partial charge < -0.3 is 14.5 Å². The summed E-state index contributed by atoms with van der Waals surface area (Å²) in [6.45, 7) is 0.623. The molecule has 1 fully saturated rings. The fourth-order valence-corrected chi connectivity index (χ4v) is 2.88. The normalized spacial score (nSPS) is 20.0. The van der Waals surface area contributed by atoms with Crippen LogP contribution in [0.3, 0.4) is 0 Å². The van der Waals surface area contributed by atoms with Gasteiger partial charge in [-0.2, -0.15) is 0 Å². The minimum Gasteiger partial charge on any atom is -0.453 e. The Hall–Kier alpha value is -2.90. The summed E-state index contributed by atoms with van der Waals surface area (Å²) in [4.78, 5) is 54.7. The van der Waals surface area contributed by atoms with E-state index >= 15 is 0 Å². The van der Waals surface area contributed by atoms with Crippen LogP contribution in [0.15, 0.2) is 24.3 Å². The van der Waals surface area contributed by atoms with E-state index in [1.807, 2.05) is 0 Å². The van der Waals surface area contributed by atoms with Crippen molar-refractivity contribution >= 4 is 23.9 Å². The van der Waals surface area contributed by atoms with Gasteiger partial charge in [-0.15, -0.1) is 0 Å². The minimum absolute atomic E-state index is 0.134. The SMILES string of the molecule is COC(=O)N1CCCC(C(=O)ON2C(=O)c3ccccc3C2=O)C1. The van der Waals surface area contributed by atoms with Crippen molar-refractivity contribution in [1.82, 2.24) is 9.96 Å². The van der Waals surface area contributed by atoms with Crippen LogP contribution in [0.2, 0.25) is 0 Å². The molecule has 1 unspecified atom stereocenters. The second-order valence-corrected chi connectivity index (χ2v) is 5.62. The maximum absolute atomic E-state index is 12.3. The van der Waals surface area contributed by atoms with Gasteiger partial charge >= 0.3 is 12.1 Å². The van der Waals surface area contributed by atoms with Crippen molar-refractivity contribution in [3.63, 3.8) is 0 Å². The van der Waals surface area contributed by atoms with Gasteiger partial charge in [0.25, 0.3) is 11.8 Å². The average Bonchev–Trinajstić information content (AvgIpc) is 2.86. The van der Waals surface area contributed by atoms with Crippen LogP contribution < -0.4 is 0 Å². The predicted octanol–water partition coefficient (Wildman–Crippen LogP) is 1.22. The number of benzene rings is 1. The molecule has 1 atom stereocenters. The summed E-state index contributed by atoms with van der Waals surface area (Å²) < 4.78 is 4.64. The van der Waals surface area contributed by atoms with E-state index in [0.717, 1.165) is 0 Å². The van der Waals surface area contributed by atoms with Crippen molar-refractivity contribution in [2.24, 2.45) is 5.92 Å². The van der Waals surface area contributed by atoms with E-state index in [-0.39, 0.29) is 17.7 Å². The van der Waals surface area contributed by atoms with Crippen molar-refractivity contribution in [2.75, 3.05) is 20.2 Å². The summed E-state index contributed by atoms with van der Waals surface area (Å²) >= 11 is 0. The van der Waals surface area contributed by atoms with Gasteiger partial charge in [0, 0.05) is 13.1 Å². The highest BCUT2D eigenvalue weighted by Gasteiger charge is 2.40. The molecule has 126 valence electrons. The first-order chi connectivity index (χ1) is 11.5. The summed E-state index contributed by atoms with van der Waals surface area (Å²) in [6.07, 6.45) is 0.597. The molecule has 1 aromatic rings. The third kappa shape index (κ3) is 2.70. The van der Waals surface area contributed by atoms with Crippen molar-refractivity contribution in [2.45, 2.75) is 12.8 Å². The Labute approximate surface area is 137 Å². The van der Waals surface area contributed by atoms with Gasteiger partial charge in [-0.1, -0.05) is 17.2 Å². The zero-order chi connectivity index (χ0) is 17.3. The van der Waals surface area contributed by atoms with Gasteiger partial charge in [0.1, 0.15) is 0 Å². The zero-order valence-electron chi connectivity index (χ0n) is 13.1. The van der Waals surface area contributed by atoms with Gasteiger partial charge in [0.05, 0.1) is 24.2 Å². The topological polar surface area (TPSA) is 93.2 Å². The molecule has 0 bridgehead atoms. The molecule has 1 aromatic carbocycles. The molecule has 2 aliphatic rings. The number of methoxy groups -OCH3 is 1. The Morgan fingerprint density at radius 2 is 1.75 bits per heavy atom. The molecule has 2 aliphatic heterocycles. The highest BCUT2D eigenvalue weighted by molar-refractivity contribution is 6.20. The number of fused-ring (bicyclic) bond motifs is 1. The van der Waals surface area contributed by atoms with Gasteiger partial charge in [-0.05, 0) is 25.0 Å². The number of nitrogens with zero attached hydrogens (tertiary/aromatic N) is 2. The molecule has 8 nitrogen and oxygen atoms in total. The van der Waals surface area contributed by atoms with E-state index in [1.165, 1.54) is 24.1 Å². The Kier molecular flexibility index (Phi) is 4.20. The van der Waals surface area contributed by atoms with E-state index in [1.54, 1.807) is 12.1 Å². The molecule has 24 heavy (non-hydrogen) atoms. The Morgan fingerprint density at radius 3 is 2.33 bits per heavy atom. The molecule has 8 heteroatoms. The average molecular weight is 332 g/mol. The molecule has 0 N–H and O–H groups in total. The molecule has 1 saturated heterocycles. The van der Waals surface area contributed by atoms with Crippen LogP contribution >= 0.6 is 0 Å². The smallest absolute Gasteiger partial charge is 0.409 e. The fraction of sp³-hybridized carbons (Fsp3) is 0.375. The van der Waals surface area contributed by atoms with Crippen LogP contribution in [-0.4, -0.2) is 54.0 Å². The molecular formula is C16H16N2O6. The van der Waals surface area contributed by atoms with Crippen molar-refractivity contribution in [3.05, 3.63) is 35.4 Å². The Bertz CT molecular complexity index is 681. The van der Waals surface area contributed by atoms with Crippen molar-refractivity contribution in [3.8, 4) is 0 Å². The third-order valence-corrected chi connectivity index (χ3v) is 4.13. The maximum atomic E-state index is 12.3. The predicted molar refractivity (Wildman–Crippen MR) is 79.7 cm³/mol. The number of amides is 3. The number of carbonyl (C=O) groups is 4. The summed E-state index contributed by atoms with van der Waals surface area (Å²) in [7, 11) is 1.27. The number of hydrogen-bond donors (Lipinski definition) is 0. The van der Waals surface area contributed by atoms with Crippen LogP contribution in [0, 0.1) is 5.92 Å². The minimum atomic E-state index is -0.710. The van der Waals surface area contributed by atoms with E-state index in [0.29, 0.717) is 24.4 Å². The lowest BCUT2D eigenvalue weighted by Crippen LogP contribution is -2.44. The molecule has 0 aliphatic carbocycles. The summed E-state index contributed by atoms with van der Waals surface area (Å²) in [5, 5.41) is 0.490. The van der Waals surface area contributed by atoms with E-state index < -0.39 is 29.8 Å². The summed E-state index contributed by atoms with van der Waals surface area (Å²) in [6, 6.07) is 6.27. The Morgan fingerprint density at radius 1 is 1.12 bits per heavy atom. The molecule has 0 aromatic heterocycles. The van der Waals surface area contributed by atoms with E-state index in [9.17, 15) is 19.2 Å². The van der Waals surface area contributed by atoms with Crippen molar-refractivity contribution < 1.29 is 28.8 Å². The molecule has 0 spiro atoms. The number of rotatable bonds is 2. The first kappa shape index (κ1) is 16.0. The number of likely N-dealkylation sites (tertiary alicyclic amines) is 1. The quantitative estimate of drug-likeness (QED) is 0.756. The lowest BCUT2D eigenvalue weighted by Gasteiger charge is -2.30.